The highest BCUT2D eigenvalue weighted by atomic mass is 79.9. The van der Waals surface area contributed by atoms with Gasteiger partial charge in [0.25, 0.3) is 0 Å². The summed E-state index contributed by atoms with van der Waals surface area (Å²) in [6.45, 7) is 6.49. The van der Waals surface area contributed by atoms with Gasteiger partial charge >= 0.3 is 6.03 Å². The van der Waals surface area contributed by atoms with E-state index in [0.717, 1.165) is 87.2 Å². The molecule has 3 amide bonds. The molecule has 0 radical (unpaired) electrons. The van der Waals surface area contributed by atoms with Gasteiger partial charge in [0, 0.05) is 93.7 Å². The Bertz CT molecular complexity index is 1310. The maximum atomic E-state index is 13.6. The van der Waals surface area contributed by atoms with Gasteiger partial charge in [-0.15, -0.1) is 0 Å². The van der Waals surface area contributed by atoms with E-state index in [1.165, 1.54) is 22.4 Å². The maximum Gasteiger partial charge on any atom is 0.314 e. The van der Waals surface area contributed by atoms with Gasteiger partial charge in [0.1, 0.15) is 0 Å². The third-order valence-electron chi connectivity index (χ3n) is 10.6. The minimum absolute atomic E-state index is 0.127. The molecule has 3 aliphatic heterocycles. The molecule has 4 heterocycles. The lowest BCUT2D eigenvalue weighted by molar-refractivity contribution is -0.138. The van der Waals surface area contributed by atoms with Crippen molar-refractivity contribution in [3.63, 3.8) is 0 Å². The lowest BCUT2D eigenvalue weighted by atomic mass is 9.91. The van der Waals surface area contributed by atoms with E-state index in [-0.39, 0.29) is 24.0 Å². The average molecular weight is 702 g/mol. The van der Waals surface area contributed by atoms with Crippen LogP contribution in [0.2, 0.25) is 5.02 Å². The van der Waals surface area contributed by atoms with Crippen molar-refractivity contribution >= 4 is 39.5 Å². The zero-order chi connectivity index (χ0) is 31.5. The molecular weight excluding hydrogens is 656 g/mol. The van der Waals surface area contributed by atoms with E-state index in [9.17, 15) is 9.59 Å². The molecule has 6 rings (SSSR count). The van der Waals surface area contributed by atoms with Gasteiger partial charge in [-0.25, -0.2) is 4.79 Å². The van der Waals surface area contributed by atoms with Gasteiger partial charge < -0.3 is 20.3 Å². The lowest BCUT2D eigenvalue weighted by Gasteiger charge is -2.47. The molecule has 0 saturated carbocycles. The summed E-state index contributed by atoms with van der Waals surface area (Å²) in [5, 5.41) is 0.792. The van der Waals surface area contributed by atoms with Crippen LogP contribution in [0.15, 0.2) is 34.9 Å². The second kappa shape index (κ2) is 14.7. The molecule has 2 aromatic rings. The van der Waals surface area contributed by atoms with Gasteiger partial charge in [-0.05, 0) is 102 Å². The van der Waals surface area contributed by atoms with Crippen molar-refractivity contribution in [3.05, 3.63) is 62.3 Å². The van der Waals surface area contributed by atoms with Gasteiger partial charge in [-0.1, -0.05) is 17.7 Å². The molecule has 2 atom stereocenters. The molecule has 45 heavy (non-hydrogen) atoms. The molecule has 244 valence electrons. The number of halogens is 2. The Balaban J connectivity index is 1.10. The molecule has 0 bridgehead atoms. The lowest BCUT2D eigenvalue weighted by Crippen LogP contribution is -2.59. The third-order valence-corrected chi connectivity index (χ3v) is 11.2. The number of ether oxygens (including phenoxy) is 1. The van der Waals surface area contributed by atoms with Crippen molar-refractivity contribution in [2.75, 3.05) is 59.5 Å². The smallest absolute Gasteiger partial charge is 0.314 e. The molecule has 2 N–H and O–H groups in total. The van der Waals surface area contributed by atoms with Crippen molar-refractivity contribution in [3.8, 4) is 0 Å². The van der Waals surface area contributed by atoms with Crippen LogP contribution in [0, 0.1) is 5.92 Å². The first-order valence-corrected chi connectivity index (χ1v) is 17.7. The number of urea groups is 1. The Labute approximate surface area is 280 Å². The number of likely N-dealkylation sites (tertiary alicyclic amines) is 2. The summed E-state index contributed by atoms with van der Waals surface area (Å²) in [7, 11) is 1.74. The molecule has 0 spiro atoms. The van der Waals surface area contributed by atoms with E-state index in [1.807, 2.05) is 12.3 Å². The van der Waals surface area contributed by atoms with Crippen LogP contribution in [-0.2, 0) is 22.4 Å². The minimum atomic E-state index is -0.361. The van der Waals surface area contributed by atoms with E-state index in [4.69, 9.17) is 27.1 Å². The number of primary amides is 1. The number of rotatable bonds is 7. The van der Waals surface area contributed by atoms with Crippen LogP contribution in [0.25, 0.3) is 0 Å². The monoisotopic (exact) mass is 700 g/mol. The summed E-state index contributed by atoms with van der Waals surface area (Å²) in [5.41, 5.74) is 10.6. The van der Waals surface area contributed by atoms with E-state index >= 15 is 0 Å². The average Bonchev–Trinajstić information content (AvgIpc) is 3.20. The van der Waals surface area contributed by atoms with Gasteiger partial charge in [0.05, 0.1) is 11.7 Å². The summed E-state index contributed by atoms with van der Waals surface area (Å²) in [5.74, 6) is 0.553. The fourth-order valence-corrected chi connectivity index (χ4v) is 8.63. The van der Waals surface area contributed by atoms with Crippen molar-refractivity contribution in [1.29, 1.82) is 0 Å². The van der Waals surface area contributed by atoms with Crippen molar-refractivity contribution in [2.45, 2.75) is 69.5 Å². The molecule has 4 aliphatic rings. The number of methoxy groups -OCH3 is 1. The molecule has 3 saturated heterocycles. The number of hydrogen-bond donors (Lipinski definition) is 1. The number of aromatic nitrogens is 1. The summed E-state index contributed by atoms with van der Waals surface area (Å²) >= 11 is 10.1. The summed E-state index contributed by atoms with van der Waals surface area (Å²) in [4.78, 5) is 39.1. The maximum absolute atomic E-state index is 13.6. The van der Waals surface area contributed by atoms with Crippen molar-refractivity contribution < 1.29 is 14.3 Å². The number of nitrogens with zero attached hydrogens (tertiary/aromatic N) is 5. The van der Waals surface area contributed by atoms with E-state index < -0.39 is 0 Å². The van der Waals surface area contributed by atoms with Crippen LogP contribution in [0.1, 0.15) is 67.0 Å². The quantitative estimate of drug-likeness (QED) is 0.443. The van der Waals surface area contributed by atoms with Gasteiger partial charge in [0.2, 0.25) is 5.91 Å². The minimum Gasteiger partial charge on any atom is -0.385 e. The number of piperazine rings is 1. The van der Waals surface area contributed by atoms with Crippen molar-refractivity contribution in [1.82, 2.24) is 24.6 Å². The topological polar surface area (TPSA) is 95.2 Å². The molecule has 1 aromatic carbocycles. The Morgan fingerprint density at radius 2 is 1.76 bits per heavy atom. The van der Waals surface area contributed by atoms with Gasteiger partial charge in [0.15, 0.2) is 0 Å². The third kappa shape index (κ3) is 7.51. The predicted octanol–water partition coefficient (Wildman–Crippen LogP) is 4.88. The van der Waals surface area contributed by atoms with Gasteiger partial charge in [-0.3, -0.25) is 19.6 Å². The highest BCUT2D eigenvalue weighted by Gasteiger charge is 2.38. The summed E-state index contributed by atoms with van der Waals surface area (Å²) < 4.78 is 6.50. The zero-order valence-corrected chi connectivity index (χ0v) is 28.6. The van der Waals surface area contributed by atoms with Crippen LogP contribution < -0.4 is 5.73 Å². The number of hydrogen-bond acceptors (Lipinski definition) is 6. The number of amides is 3. The predicted molar refractivity (Wildman–Crippen MR) is 179 cm³/mol. The number of benzene rings is 1. The number of fused-ring (bicyclic) bond motifs is 2. The van der Waals surface area contributed by atoms with Gasteiger partial charge in [-0.2, -0.15) is 0 Å². The highest BCUT2D eigenvalue weighted by molar-refractivity contribution is 9.10. The van der Waals surface area contributed by atoms with Crippen LogP contribution >= 0.6 is 27.5 Å². The number of nitrogens with two attached hydrogens (primary N) is 1. The molecular formula is C34H46BrClN6O3. The first-order valence-electron chi connectivity index (χ1n) is 16.5. The van der Waals surface area contributed by atoms with E-state index in [0.29, 0.717) is 38.1 Å². The zero-order valence-electron chi connectivity index (χ0n) is 26.3. The fourth-order valence-electron chi connectivity index (χ4n) is 8.05. The molecule has 3 fully saturated rings. The SMILES string of the molecule is COCC[C@H]1CN(C2CCN(C3c4ccc(Cl)cc4CCc4cc(Br)cnc43)CC2)CCN1C(=O)CC1CCN(C(N)=O)CC1. The Morgan fingerprint density at radius 1 is 1.00 bits per heavy atom. The number of carbonyl (C=O) groups is 2. The first kappa shape index (κ1) is 32.7. The number of aryl methyl sites for hydroxylation is 2. The Kier molecular flexibility index (Phi) is 10.7. The fraction of sp³-hybridized carbons (Fsp3) is 0.618. The van der Waals surface area contributed by atoms with E-state index in [2.05, 4.69) is 48.8 Å². The van der Waals surface area contributed by atoms with Crippen molar-refractivity contribution in [2.24, 2.45) is 11.7 Å². The highest BCUT2D eigenvalue weighted by Crippen LogP contribution is 2.39. The molecule has 1 aromatic heterocycles. The van der Waals surface area contributed by atoms with Crippen LogP contribution in [0.4, 0.5) is 4.79 Å². The second-order valence-corrected chi connectivity index (χ2v) is 14.6. The van der Waals surface area contributed by atoms with Crippen LogP contribution in [-0.4, -0.2) is 108 Å². The molecule has 11 heteroatoms. The van der Waals surface area contributed by atoms with E-state index in [1.54, 1.807) is 12.0 Å². The molecule has 9 nitrogen and oxygen atoms in total. The number of carbonyl (C=O) groups excluding carboxylic acids is 2. The summed E-state index contributed by atoms with van der Waals surface area (Å²) in [6.07, 6.45) is 9.11. The molecule has 1 aliphatic carbocycles. The number of pyridine rings is 1. The van der Waals surface area contributed by atoms with Crippen LogP contribution in [0.3, 0.4) is 0 Å². The summed E-state index contributed by atoms with van der Waals surface area (Å²) in [6, 6.07) is 9.03. The Morgan fingerprint density at radius 3 is 2.49 bits per heavy atom. The standard InChI is InChI=1S/C34H46BrClN6O3/c1-45-17-10-29-22-41(15-16-42(29)31(43)18-23-6-11-40(12-7-23)34(37)44)28-8-13-39(14-9-28)33-30-5-4-27(36)20-24(30)2-3-25-19-26(35)21-38-32(25)33/h4-5,19-21,23,28-29,33H,2-3,6-18,22H2,1H3,(H2,37,44)/t29-,33?/m0/s1. The second-order valence-electron chi connectivity index (χ2n) is 13.2. The van der Waals surface area contributed by atoms with Crippen LogP contribution in [0.5, 0.6) is 0 Å². The largest absolute Gasteiger partial charge is 0.385 e. The Hall–Kier alpha value is -2.24. The molecule has 1 unspecified atom stereocenters. The number of piperidine rings is 2. The first-order chi connectivity index (χ1) is 21.8. The normalized spacial score (nSPS) is 23.8.